The molecule has 3 aromatic rings. The Labute approximate surface area is 169 Å². The number of nitrogens with zero attached hydrogens (tertiary/aromatic N) is 3. The van der Waals surface area contributed by atoms with Gasteiger partial charge in [-0.05, 0) is 42.4 Å². The number of pyridine rings is 1. The lowest BCUT2D eigenvalue weighted by Gasteiger charge is -2.48. The summed E-state index contributed by atoms with van der Waals surface area (Å²) in [5.41, 5.74) is 0.706. The molecular formula is C21H18F3N5O. The van der Waals surface area contributed by atoms with E-state index in [0.717, 1.165) is 36.0 Å². The van der Waals surface area contributed by atoms with Crippen LogP contribution in [0.15, 0.2) is 42.7 Å². The monoisotopic (exact) mass is 413 g/mol. The number of hydrogen-bond acceptors (Lipinski definition) is 4. The van der Waals surface area contributed by atoms with Gasteiger partial charge in [0, 0.05) is 24.2 Å². The quantitative estimate of drug-likeness (QED) is 0.687. The van der Waals surface area contributed by atoms with Crippen LogP contribution in [0.25, 0.3) is 10.9 Å². The number of nitrogens with one attached hydrogen (secondary N) is 2. The first-order valence-corrected chi connectivity index (χ1v) is 9.90. The number of rotatable bonds is 3. The van der Waals surface area contributed by atoms with Crippen LogP contribution in [0.3, 0.4) is 0 Å². The molecule has 3 fully saturated rings. The fourth-order valence-corrected chi connectivity index (χ4v) is 5.50. The molecular weight excluding hydrogens is 395 g/mol. The van der Waals surface area contributed by atoms with Gasteiger partial charge in [0.1, 0.15) is 5.82 Å². The van der Waals surface area contributed by atoms with E-state index < -0.39 is 11.7 Å². The second-order valence-corrected chi connectivity index (χ2v) is 8.56. The van der Waals surface area contributed by atoms with Gasteiger partial charge in [-0.3, -0.25) is 9.89 Å². The van der Waals surface area contributed by atoms with Crippen molar-refractivity contribution in [3.8, 4) is 0 Å². The number of halogens is 3. The number of anilines is 1. The van der Waals surface area contributed by atoms with Crippen molar-refractivity contribution in [2.24, 2.45) is 11.3 Å². The van der Waals surface area contributed by atoms with Crippen molar-refractivity contribution in [2.45, 2.75) is 31.1 Å². The van der Waals surface area contributed by atoms with Gasteiger partial charge in [-0.15, -0.1) is 0 Å². The summed E-state index contributed by atoms with van der Waals surface area (Å²) in [6.45, 7) is 0.715. The summed E-state index contributed by atoms with van der Waals surface area (Å²) in [5, 5.41) is 11.1. The Morgan fingerprint density at radius 3 is 2.83 bits per heavy atom. The minimum atomic E-state index is -4.41. The summed E-state index contributed by atoms with van der Waals surface area (Å²) in [6, 6.07) is 7.94. The molecule has 6 rings (SSSR count). The lowest BCUT2D eigenvalue weighted by atomic mass is 9.71. The lowest BCUT2D eigenvalue weighted by molar-refractivity contribution is -0.137. The van der Waals surface area contributed by atoms with Gasteiger partial charge < -0.3 is 10.2 Å². The highest BCUT2D eigenvalue weighted by Gasteiger charge is 2.75. The zero-order valence-corrected chi connectivity index (χ0v) is 15.8. The summed E-state index contributed by atoms with van der Waals surface area (Å²) in [7, 11) is 0. The Hall–Kier alpha value is -3.10. The molecule has 2 aliphatic carbocycles. The molecule has 1 amide bonds. The number of hydrogen-bond donors (Lipinski definition) is 2. The van der Waals surface area contributed by atoms with Crippen LogP contribution in [-0.4, -0.2) is 44.6 Å². The number of aromatic nitrogens is 3. The fraction of sp³-hybridized carbons (Fsp3) is 0.381. The molecule has 1 aromatic carbocycles. The second kappa shape index (κ2) is 5.74. The van der Waals surface area contributed by atoms with E-state index in [1.54, 1.807) is 12.3 Å². The topological polar surface area (TPSA) is 73.9 Å². The third kappa shape index (κ3) is 2.41. The van der Waals surface area contributed by atoms with Gasteiger partial charge in [0.15, 0.2) is 0 Å². The first-order valence-electron chi connectivity index (χ1n) is 9.90. The average molecular weight is 413 g/mol. The summed E-state index contributed by atoms with van der Waals surface area (Å²) in [4.78, 5) is 19.2. The predicted octanol–water partition coefficient (Wildman–Crippen LogP) is 3.69. The molecule has 0 radical (unpaired) electrons. The number of alkyl halides is 3. The SMILES string of the molecule is O=C(c1cccc2cn[nH]c12)N1CC2CC23CC(Nc2ccc(C(F)(F)F)cn2)C13. The molecule has 1 aliphatic heterocycles. The first kappa shape index (κ1) is 17.7. The minimum Gasteiger partial charge on any atom is -0.365 e. The average Bonchev–Trinajstić information content (AvgIpc) is 3.11. The van der Waals surface area contributed by atoms with Gasteiger partial charge in [-0.2, -0.15) is 18.3 Å². The highest BCUT2D eigenvalue weighted by atomic mass is 19.4. The number of piperidine rings is 1. The molecule has 1 spiro atoms. The van der Waals surface area contributed by atoms with Crippen LogP contribution in [0, 0.1) is 11.3 Å². The Kier molecular flexibility index (Phi) is 3.39. The number of para-hydroxylation sites is 1. The summed E-state index contributed by atoms with van der Waals surface area (Å²) < 4.78 is 38.3. The molecule has 2 aromatic heterocycles. The van der Waals surface area contributed by atoms with Gasteiger partial charge in [-0.1, -0.05) is 12.1 Å². The molecule has 30 heavy (non-hydrogen) atoms. The van der Waals surface area contributed by atoms with Crippen LogP contribution >= 0.6 is 0 Å². The molecule has 2 saturated carbocycles. The maximum absolute atomic E-state index is 13.4. The Balaban J connectivity index is 1.25. The third-order valence-electron chi connectivity index (χ3n) is 6.99. The molecule has 9 heteroatoms. The maximum Gasteiger partial charge on any atom is 0.417 e. The molecule has 1 saturated heterocycles. The Bertz CT molecular complexity index is 1160. The Morgan fingerprint density at radius 2 is 2.07 bits per heavy atom. The smallest absolute Gasteiger partial charge is 0.365 e. The van der Waals surface area contributed by atoms with E-state index in [2.05, 4.69) is 20.5 Å². The molecule has 4 atom stereocenters. The minimum absolute atomic E-state index is 0.0216. The first-order chi connectivity index (χ1) is 14.4. The van der Waals surface area contributed by atoms with Crippen molar-refractivity contribution < 1.29 is 18.0 Å². The fourth-order valence-electron chi connectivity index (χ4n) is 5.50. The largest absolute Gasteiger partial charge is 0.417 e. The number of H-pyrrole nitrogens is 1. The lowest BCUT2D eigenvalue weighted by Crippen LogP contribution is -2.60. The van der Waals surface area contributed by atoms with Crippen molar-refractivity contribution in [2.75, 3.05) is 11.9 Å². The molecule has 4 unspecified atom stereocenters. The van der Waals surface area contributed by atoms with E-state index in [4.69, 9.17) is 0 Å². The molecule has 154 valence electrons. The maximum atomic E-state index is 13.4. The number of fused-ring (bicyclic) bond motifs is 1. The molecule has 3 aliphatic rings. The van der Waals surface area contributed by atoms with E-state index in [1.165, 1.54) is 6.07 Å². The Morgan fingerprint density at radius 1 is 1.20 bits per heavy atom. The normalized spacial score (nSPS) is 29.3. The van der Waals surface area contributed by atoms with Crippen molar-refractivity contribution in [1.82, 2.24) is 20.1 Å². The zero-order chi connectivity index (χ0) is 20.7. The van der Waals surface area contributed by atoms with E-state index in [0.29, 0.717) is 23.8 Å². The highest BCUT2D eigenvalue weighted by molar-refractivity contribution is 6.05. The van der Waals surface area contributed by atoms with Crippen LogP contribution < -0.4 is 5.32 Å². The summed E-state index contributed by atoms with van der Waals surface area (Å²) in [6.07, 6.45) is 0.138. The molecule has 2 N–H and O–H groups in total. The van der Waals surface area contributed by atoms with Gasteiger partial charge in [0.2, 0.25) is 0 Å². The van der Waals surface area contributed by atoms with Crippen LogP contribution in [0.4, 0.5) is 19.0 Å². The number of carbonyl (C=O) groups is 1. The standard InChI is InChI=1S/C21H18F3N5O/c22-21(23,24)12-4-5-16(25-9-12)27-15-7-20-6-13(20)10-29(18(15)20)19(30)14-3-1-2-11-8-26-28-17(11)14/h1-5,8-9,13,15,18H,6-7,10H2,(H,25,27)(H,26,28). The summed E-state index contributed by atoms with van der Waals surface area (Å²) >= 11 is 0. The zero-order valence-electron chi connectivity index (χ0n) is 15.8. The number of amides is 1. The number of likely N-dealkylation sites (tertiary alicyclic amines) is 1. The second-order valence-electron chi connectivity index (χ2n) is 8.56. The van der Waals surface area contributed by atoms with E-state index in [-0.39, 0.29) is 23.4 Å². The van der Waals surface area contributed by atoms with Crippen LogP contribution in [0.5, 0.6) is 0 Å². The van der Waals surface area contributed by atoms with Crippen LogP contribution in [0.2, 0.25) is 0 Å². The summed E-state index contributed by atoms with van der Waals surface area (Å²) in [5.74, 6) is 0.870. The van der Waals surface area contributed by atoms with E-state index in [1.807, 2.05) is 17.0 Å². The van der Waals surface area contributed by atoms with E-state index >= 15 is 0 Å². The van der Waals surface area contributed by atoms with Gasteiger partial charge in [0.05, 0.1) is 28.9 Å². The van der Waals surface area contributed by atoms with E-state index in [9.17, 15) is 18.0 Å². The van der Waals surface area contributed by atoms with Gasteiger partial charge in [0.25, 0.3) is 5.91 Å². The van der Waals surface area contributed by atoms with Crippen molar-refractivity contribution >= 4 is 22.6 Å². The van der Waals surface area contributed by atoms with Gasteiger partial charge in [-0.25, -0.2) is 4.98 Å². The number of aromatic amines is 1. The predicted molar refractivity (Wildman–Crippen MR) is 103 cm³/mol. The molecule has 0 bridgehead atoms. The van der Waals surface area contributed by atoms with Crippen molar-refractivity contribution in [3.63, 3.8) is 0 Å². The number of benzene rings is 1. The number of carbonyl (C=O) groups excluding carboxylic acids is 1. The van der Waals surface area contributed by atoms with Crippen LogP contribution in [-0.2, 0) is 6.18 Å². The van der Waals surface area contributed by atoms with Crippen LogP contribution in [0.1, 0.15) is 28.8 Å². The van der Waals surface area contributed by atoms with Crippen molar-refractivity contribution in [3.05, 3.63) is 53.9 Å². The molecule has 3 heterocycles. The molecule has 6 nitrogen and oxygen atoms in total. The van der Waals surface area contributed by atoms with Crippen molar-refractivity contribution in [1.29, 1.82) is 0 Å². The highest BCUT2D eigenvalue weighted by Crippen LogP contribution is 2.71. The van der Waals surface area contributed by atoms with Gasteiger partial charge >= 0.3 is 6.18 Å². The third-order valence-corrected chi connectivity index (χ3v) is 6.99.